The number of azo groups is 1. The van der Waals surface area contributed by atoms with Gasteiger partial charge in [0.15, 0.2) is 5.78 Å². The maximum absolute atomic E-state index is 13.7. The van der Waals surface area contributed by atoms with Gasteiger partial charge >= 0.3 is 12.1 Å². The molecule has 43 heavy (non-hydrogen) atoms. The highest BCUT2D eigenvalue weighted by atomic mass is 16.6. The molecule has 0 spiro atoms. The molecule has 5 rings (SSSR count). The summed E-state index contributed by atoms with van der Waals surface area (Å²) in [6, 6.07) is 4.53. The van der Waals surface area contributed by atoms with E-state index < -0.39 is 23.8 Å². The van der Waals surface area contributed by atoms with E-state index in [1.807, 2.05) is 37.8 Å². The van der Waals surface area contributed by atoms with E-state index in [0.717, 1.165) is 5.56 Å². The second-order valence-electron chi connectivity index (χ2n) is 12.2. The molecule has 3 N–H and O–H groups in total. The van der Waals surface area contributed by atoms with E-state index in [1.165, 1.54) is 0 Å². The van der Waals surface area contributed by atoms with Crippen molar-refractivity contribution in [2.45, 2.75) is 64.5 Å². The van der Waals surface area contributed by atoms with E-state index in [0.29, 0.717) is 101 Å². The molecule has 0 bridgehead atoms. The van der Waals surface area contributed by atoms with Crippen molar-refractivity contribution in [2.24, 2.45) is 16.1 Å². The van der Waals surface area contributed by atoms with E-state index in [4.69, 9.17) is 9.47 Å². The maximum atomic E-state index is 13.7. The number of hydrogen-bond donors (Lipinski definition) is 3. The Labute approximate surface area is 251 Å². The van der Waals surface area contributed by atoms with E-state index in [2.05, 4.69) is 26.3 Å². The van der Waals surface area contributed by atoms with Crippen molar-refractivity contribution in [1.82, 2.24) is 20.7 Å². The van der Waals surface area contributed by atoms with Gasteiger partial charge in [-0.2, -0.15) is 10.2 Å². The van der Waals surface area contributed by atoms with E-state index in [-0.39, 0.29) is 17.6 Å². The number of alkyl carbamates (subject to hydrolysis) is 1. The average Bonchev–Trinajstić information content (AvgIpc) is 3.52. The molecule has 1 atom stereocenters. The summed E-state index contributed by atoms with van der Waals surface area (Å²) >= 11 is 0. The van der Waals surface area contributed by atoms with Crippen LogP contribution < -0.4 is 16.1 Å². The topological polar surface area (TPSA) is 154 Å². The number of benzene rings is 1. The van der Waals surface area contributed by atoms with Gasteiger partial charge in [0, 0.05) is 45.1 Å². The average molecular weight is 596 g/mol. The largest absolute Gasteiger partial charge is 0.444 e. The van der Waals surface area contributed by atoms with Gasteiger partial charge in [0.2, 0.25) is 5.91 Å². The lowest BCUT2D eigenvalue weighted by Gasteiger charge is -2.32. The fourth-order valence-electron chi connectivity index (χ4n) is 5.86. The number of allylic oxidation sites excluding steroid dienone is 1. The first-order valence-electron chi connectivity index (χ1n) is 15.1. The Morgan fingerprint density at radius 3 is 2.53 bits per heavy atom. The first-order chi connectivity index (χ1) is 20.6. The summed E-state index contributed by atoms with van der Waals surface area (Å²) in [4.78, 5) is 52.8. The summed E-state index contributed by atoms with van der Waals surface area (Å²) in [6.45, 7) is 9.36. The number of amides is 4. The van der Waals surface area contributed by atoms with Gasteiger partial charge in [-0.15, -0.1) is 0 Å². The summed E-state index contributed by atoms with van der Waals surface area (Å²) < 4.78 is 10.5. The molecule has 4 aliphatic rings. The zero-order valence-corrected chi connectivity index (χ0v) is 25.1. The lowest BCUT2D eigenvalue weighted by atomic mass is 9.89. The van der Waals surface area contributed by atoms with Gasteiger partial charge in [0.25, 0.3) is 0 Å². The number of ketones is 1. The number of morpholine rings is 1. The van der Waals surface area contributed by atoms with Crippen molar-refractivity contribution in [3.05, 3.63) is 40.6 Å². The number of nitrogens with zero attached hydrogens (tertiary/aromatic N) is 4. The molecule has 3 heterocycles. The maximum Gasteiger partial charge on any atom is 0.407 e. The quantitative estimate of drug-likeness (QED) is 0.385. The lowest BCUT2D eigenvalue weighted by Crippen LogP contribution is -2.49. The van der Waals surface area contributed by atoms with Crippen LogP contribution in [0.25, 0.3) is 0 Å². The molecular weight excluding hydrogens is 554 g/mol. The zero-order chi connectivity index (χ0) is 30.6. The SMILES string of the molecule is CC(C)(C)OC(=O)NCCCCC(=O)N1CCC(C2=C3C(=O)c4c(NC(=O)NN5CCOCC5)cccc4C3N=N2)CC1. The molecule has 1 aromatic rings. The molecular formula is C30H41N7O6. The Hall–Kier alpha value is -3.84. The molecule has 13 heteroatoms. The smallest absolute Gasteiger partial charge is 0.407 e. The predicted octanol–water partition coefficient (Wildman–Crippen LogP) is 3.95. The van der Waals surface area contributed by atoms with Gasteiger partial charge in [0.05, 0.1) is 35.7 Å². The molecule has 1 aliphatic carbocycles. The normalized spacial score (nSPS) is 20.6. The monoisotopic (exact) mass is 595 g/mol. The number of likely N-dealkylation sites (tertiary alicyclic amines) is 1. The van der Waals surface area contributed by atoms with Gasteiger partial charge in [-0.3, -0.25) is 15.0 Å². The number of urea groups is 1. The van der Waals surface area contributed by atoms with Gasteiger partial charge in [-0.25, -0.2) is 14.6 Å². The van der Waals surface area contributed by atoms with Crippen molar-refractivity contribution in [1.29, 1.82) is 0 Å². The van der Waals surface area contributed by atoms with Crippen LogP contribution in [0.15, 0.2) is 39.7 Å². The fraction of sp³-hybridized carbons (Fsp3) is 0.600. The Morgan fingerprint density at radius 1 is 1.07 bits per heavy atom. The number of unbranched alkanes of at least 4 members (excludes halogenated alkanes) is 1. The molecule has 0 radical (unpaired) electrons. The van der Waals surface area contributed by atoms with E-state index in [9.17, 15) is 19.2 Å². The second-order valence-corrected chi connectivity index (χ2v) is 12.2. The van der Waals surface area contributed by atoms with Crippen LogP contribution in [-0.2, 0) is 14.3 Å². The Morgan fingerprint density at radius 2 is 1.81 bits per heavy atom. The highest BCUT2D eigenvalue weighted by molar-refractivity contribution is 6.19. The van der Waals surface area contributed by atoms with Crippen molar-refractivity contribution in [3.8, 4) is 0 Å². The van der Waals surface area contributed by atoms with Gasteiger partial charge in [-0.1, -0.05) is 12.1 Å². The number of hydrazine groups is 1. The van der Waals surface area contributed by atoms with E-state index in [1.54, 1.807) is 11.1 Å². The third-order valence-electron chi connectivity index (χ3n) is 7.93. The van der Waals surface area contributed by atoms with Crippen LogP contribution in [0.4, 0.5) is 15.3 Å². The van der Waals surface area contributed by atoms with E-state index >= 15 is 0 Å². The molecule has 13 nitrogen and oxygen atoms in total. The Bertz CT molecular complexity index is 1310. The molecule has 2 fully saturated rings. The third kappa shape index (κ3) is 7.39. The molecule has 4 amide bonds. The minimum atomic E-state index is -0.541. The number of piperidine rings is 1. The second kappa shape index (κ2) is 13.2. The number of Topliss-reactive ketones (excluding diaryl/α,β-unsaturated/α-hetero) is 1. The van der Waals surface area contributed by atoms with Crippen molar-refractivity contribution in [2.75, 3.05) is 51.3 Å². The number of ether oxygens (including phenoxy) is 2. The standard InChI is InChI=1S/C30H41N7O6/c1-30(2,3)43-29(41)31-12-5-4-9-22(38)36-13-10-19(11-14-36)25-24-26(34-33-25)20-7-6-8-21(23(20)27(24)39)32-28(40)35-37-15-17-42-18-16-37/h6-8,19,26H,4-5,9-18H2,1-3H3,(H,31,41)(H2,32,35,40). The molecule has 0 aromatic heterocycles. The van der Waals surface area contributed by atoms with Crippen LogP contribution in [0.5, 0.6) is 0 Å². The number of carbonyl (C=O) groups is 4. The highest BCUT2D eigenvalue weighted by Crippen LogP contribution is 2.49. The Kier molecular flexibility index (Phi) is 9.40. The first-order valence-corrected chi connectivity index (χ1v) is 15.1. The number of carbonyl (C=O) groups excluding carboxylic acids is 4. The minimum absolute atomic E-state index is 0.0325. The van der Waals surface area contributed by atoms with Crippen LogP contribution in [0.2, 0.25) is 0 Å². The predicted molar refractivity (Wildman–Crippen MR) is 157 cm³/mol. The number of anilines is 1. The van der Waals surface area contributed by atoms with Crippen LogP contribution >= 0.6 is 0 Å². The minimum Gasteiger partial charge on any atom is -0.444 e. The Balaban J connectivity index is 1.12. The van der Waals surface area contributed by atoms with Crippen molar-refractivity contribution < 1.29 is 28.7 Å². The third-order valence-corrected chi connectivity index (χ3v) is 7.93. The van der Waals surface area contributed by atoms with Crippen LogP contribution in [-0.4, -0.2) is 85.3 Å². The van der Waals surface area contributed by atoms with Crippen molar-refractivity contribution in [3.63, 3.8) is 0 Å². The fourth-order valence-corrected chi connectivity index (χ4v) is 5.86. The first kappa shape index (κ1) is 30.6. The van der Waals surface area contributed by atoms with Crippen LogP contribution in [0, 0.1) is 5.92 Å². The van der Waals surface area contributed by atoms with Gasteiger partial charge in [-0.05, 0) is 58.1 Å². The lowest BCUT2D eigenvalue weighted by molar-refractivity contribution is -0.132. The summed E-state index contributed by atoms with van der Waals surface area (Å²) in [5, 5.41) is 16.3. The number of nitrogens with one attached hydrogen (secondary N) is 3. The summed E-state index contributed by atoms with van der Waals surface area (Å²) in [6.07, 6.45) is 2.73. The molecule has 232 valence electrons. The summed E-state index contributed by atoms with van der Waals surface area (Å²) in [5.41, 5.74) is 5.22. The molecule has 0 saturated carbocycles. The number of fused-ring (bicyclic) bond motifs is 3. The summed E-state index contributed by atoms with van der Waals surface area (Å²) in [5.74, 6) is -0.0272. The van der Waals surface area contributed by atoms with Crippen LogP contribution in [0.3, 0.4) is 0 Å². The summed E-state index contributed by atoms with van der Waals surface area (Å²) in [7, 11) is 0. The molecule has 1 unspecified atom stereocenters. The zero-order valence-electron chi connectivity index (χ0n) is 25.1. The molecule has 3 aliphatic heterocycles. The van der Waals surface area contributed by atoms with Gasteiger partial charge < -0.3 is 25.0 Å². The number of hydrogen-bond acceptors (Lipinski definition) is 9. The van der Waals surface area contributed by atoms with Crippen LogP contribution in [0.1, 0.15) is 74.8 Å². The highest BCUT2D eigenvalue weighted by Gasteiger charge is 2.44. The molecule has 2 saturated heterocycles. The molecule has 1 aromatic carbocycles. The number of rotatable bonds is 8. The van der Waals surface area contributed by atoms with Crippen molar-refractivity contribution >= 4 is 29.5 Å². The van der Waals surface area contributed by atoms with Gasteiger partial charge in [0.1, 0.15) is 11.6 Å².